The molecule has 0 radical (unpaired) electrons. The largest absolute Gasteiger partial charge is 0.304 e. The maximum atomic E-state index is 4.73. The Morgan fingerprint density at radius 3 is 2.48 bits per heavy atom. The van der Waals surface area contributed by atoms with Gasteiger partial charge in [-0.2, -0.15) is 0 Å². The molecule has 0 amide bonds. The van der Waals surface area contributed by atoms with Crippen LogP contribution >= 0.6 is 11.3 Å². The predicted octanol–water partition coefficient (Wildman–Crippen LogP) is 4.30. The Bertz CT molecular complexity index is 611. The molecule has 114 valence electrons. The summed E-state index contributed by atoms with van der Waals surface area (Å²) in [5.74, 6) is 0. The smallest absolute Gasteiger partial charge is 0.0985 e. The first kappa shape index (κ1) is 16.1. The standard InChI is InChI=1S/C17H25N3S/c1-11-8-7-9-14(19-11)10-18-12(2)15-13(3)20-16(21-15)17(4,5)6/h7-9,12,18H,10H2,1-6H3. The van der Waals surface area contributed by atoms with Crippen molar-refractivity contribution in [3.05, 3.63) is 45.2 Å². The van der Waals surface area contributed by atoms with E-state index in [2.05, 4.69) is 57.1 Å². The molecule has 4 heteroatoms. The normalized spacial score (nSPS) is 13.4. The second-order valence-electron chi connectivity index (χ2n) is 6.59. The molecule has 0 saturated carbocycles. The highest BCUT2D eigenvalue weighted by atomic mass is 32.1. The third-order valence-electron chi connectivity index (χ3n) is 3.40. The van der Waals surface area contributed by atoms with E-state index in [1.165, 1.54) is 9.88 Å². The van der Waals surface area contributed by atoms with Crippen LogP contribution in [0.15, 0.2) is 18.2 Å². The number of hydrogen-bond donors (Lipinski definition) is 1. The van der Waals surface area contributed by atoms with E-state index in [1.54, 1.807) is 0 Å². The molecule has 0 spiro atoms. The minimum atomic E-state index is 0.117. The topological polar surface area (TPSA) is 37.8 Å². The second kappa shape index (κ2) is 6.24. The molecule has 2 rings (SSSR count). The number of aryl methyl sites for hydroxylation is 2. The van der Waals surface area contributed by atoms with Gasteiger partial charge in [0.15, 0.2) is 0 Å². The van der Waals surface area contributed by atoms with Crippen LogP contribution in [-0.2, 0) is 12.0 Å². The Morgan fingerprint density at radius 1 is 1.19 bits per heavy atom. The lowest BCUT2D eigenvalue weighted by molar-refractivity contribution is 0.570. The first-order valence-electron chi connectivity index (χ1n) is 7.41. The van der Waals surface area contributed by atoms with Crippen molar-refractivity contribution in [1.29, 1.82) is 0 Å². The summed E-state index contributed by atoms with van der Waals surface area (Å²) in [5.41, 5.74) is 3.40. The van der Waals surface area contributed by atoms with Gasteiger partial charge in [-0.1, -0.05) is 26.8 Å². The van der Waals surface area contributed by atoms with E-state index in [4.69, 9.17) is 4.98 Å². The molecule has 0 aromatic carbocycles. The first-order chi connectivity index (χ1) is 9.77. The van der Waals surface area contributed by atoms with Crippen LogP contribution in [0, 0.1) is 13.8 Å². The van der Waals surface area contributed by atoms with Crippen LogP contribution < -0.4 is 5.32 Å². The highest BCUT2D eigenvalue weighted by Gasteiger charge is 2.22. The van der Waals surface area contributed by atoms with Crippen LogP contribution in [-0.4, -0.2) is 9.97 Å². The monoisotopic (exact) mass is 303 g/mol. The minimum Gasteiger partial charge on any atom is -0.304 e. The van der Waals surface area contributed by atoms with Gasteiger partial charge in [0.25, 0.3) is 0 Å². The molecule has 0 fully saturated rings. The predicted molar refractivity (Wildman–Crippen MR) is 89.8 cm³/mol. The summed E-state index contributed by atoms with van der Waals surface area (Å²) in [7, 11) is 0. The molecule has 0 aliphatic rings. The number of thiazole rings is 1. The molecule has 1 unspecified atom stereocenters. The Labute approximate surface area is 131 Å². The lowest BCUT2D eigenvalue weighted by atomic mass is 9.98. The van der Waals surface area contributed by atoms with E-state index in [0.29, 0.717) is 6.04 Å². The van der Waals surface area contributed by atoms with E-state index in [0.717, 1.165) is 23.6 Å². The van der Waals surface area contributed by atoms with Gasteiger partial charge in [0.2, 0.25) is 0 Å². The molecule has 1 atom stereocenters. The maximum Gasteiger partial charge on any atom is 0.0985 e. The zero-order valence-corrected chi connectivity index (χ0v) is 14.6. The van der Waals surface area contributed by atoms with Crippen molar-refractivity contribution in [1.82, 2.24) is 15.3 Å². The summed E-state index contributed by atoms with van der Waals surface area (Å²) in [6.45, 7) is 13.7. The van der Waals surface area contributed by atoms with Gasteiger partial charge in [-0.3, -0.25) is 4.98 Å². The Kier molecular flexibility index (Phi) is 4.79. The summed E-state index contributed by atoms with van der Waals surface area (Å²) < 4.78 is 0. The van der Waals surface area contributed by atoms with Gasteiger partial charge in [-0.05, 0) is 32.9 Å². The molecular formula is C17H25N3S. The fraction of sp³-hybridized carbons (Fsp3) is 0.529. The Morgan fingerprint density at radius 2 is 1.90 bits per heavy atom. The van der Waals surface area contributed by atoms with Gasteiger partial charge < -0.3 is 5.32 Å². The molecule has 0 saturated heterocycles. The van der Waals surface area contributed by atoms with Crippen LogP contribution in [0.1, 0.15) is 60.7 Å². The average Bonchev–Trinajstić information content (AvgIpc) is 2.78. The quantitative estimate of drug-likeness (QED) is 0.915. The molecule has 0 bridgehead atoms. The number of hydrogen-bond acceptors (Lipinski definition) is 4. The van der Waals surface area contributed by atoms with Crippen LogP contribution in [0.5, 0.6) is 0 Å². The van der Waals surface area contributed by atoms with E-state index >= 15 is 0 Å². The van der Waals surface area contributed by atoms with Crippen LogP contribution in [0.2, 0.25) is 0 Å². The number of aromatic nitrogens is 2. The van der Waals surface area contributed by atoms with Crippen LogP contribution in [0.4, 0.5) is 0 Å². The van der Waals surface area contributed by atoms with Gasteiger partial charge >= 0.3 is 0 Å². The summed E-state index contributed by atoms with van der Waals surface area (Å²) in [6, 6.07) is 6.43. The van der Waals surface area contributed by atoms with E-state index in [9.17, 15) is 0 Å². The van der Waals surface area contributed by atoms with E-state index in [1.807, 2.05) is 24.3 Å². The summed E-state index contributed by atoms with van der Waals surface area (Å²) in [6.07, 6.45) is 0. The van der Waals surface area contributed by atoms with Gasteiger partial charge in [-0.25, -0.2) is 4.98 Å². The second-order valence-corrected chi connectivity index (χ2v) is 7.62. The molecule has 2 heterocycles. The third kappa shape index (κ3) is 4.11. The van der Waals surface area contributed by atoms with Crippen LogP contribution in [0.25, 0.3) is 0 Å². The van der Waals surface area contributed by atoms with Gasteiger partial charge in [-0.15, -0.1) is 11.3 Å². The fourth-order valence-electron chi connectivity index (χ4n) is 2.18. The van der Waals surface area contributed by atoms with Crippen molar-refractivity contribution < 1.29 is 0 Å². The molecule has 3 nitrogen and oxygen atoms in total. The highest BCUT2D eigenvalue weighted by molar-refractivity contribution is 7.12. The van der Waals surface area contributed by atoms with Crippen molar-refractivity contribution in [3.63, 3.8) is 0 Å². The van der Waals surface area contributed by atoms with Gasteiger partial charge in [0.1, 0.15) is 0 Å². The number of pyridine rings is 1. The molecule has 0 aliphatic heterocycles. The molecule has 0 aliphatic carbocycles. The van der Waals surface area contributed by atoms with Crippen molar-refractivity contribution in [2.24, 2.45) is 0 Å². The lowest BCUT2D eigenvalue weighted by Crippen LogP contribution is -2.18. The molecule has 21 heavy (non-hydrogen) atoms. The van der Waals surface area contributed by atoms with Crippen molar-refractivity contribution in [3.8, 4) is 0 Å². The summed E-state index contributed by atoms with van der Waals surface area (Å²) in [4.78, 5) is 10.6. The first-order valence-corrected chi connectivity index (χ1v) is 8.22. The zero-order chi connectivity index (χ0) is 15.6. The maximum absolute atomic E-state index is 4.73. The van der Waals surface area contributed by atoms with Crippen molar-refractivity contribution in [2.75, 3.05) is 0 Å². The highest BCUT2D eigenvalue weighted by Crippen LogP contribution is 2.32. The molecule has 2 aromatic heterocycles. The third-order valence-corrected chi connectivity index (χ3v) is 5.17. The average molecular weight is 303 g/mol. The van der Waals surface area contributed by atoms with Gasteiger partial charge in [0, 0.05) is 28.6 Å². The Hall–Kier alpha value is -1.26. The number of nitrogens with zero attached hydrogens (tertiary/aromatic N) is 2. The lowest BCUT2D eigenvalue weighted by Gasteiger charge is -2.14. The number of nitrogens with one attached hydrogen (secondary N) is 1. The van der Waals surface area contributed by atoms with E-state index < -0.39 is 0 Å². The summed E-state index contributed by atoms with van der Waals surface area (Å²) >= 11 is 1.82. The molecule has 2 aromatic rings. The van der Waals surface area contributed by atoms with Crippen molar-refractivity contribution >= 4 is 11.3 Å². The molecule has 1 N–H and O–H groups in total. The van der Waals surface area contributed by atoms with Crippen molar-refractivity contribution in [2.45, 2.75) is 59.5 Å². The number of rotatable bonds is 4. The van der Waals surface area contributed by atoms with Gasteiger partial charge in [0.05, 0.1) is 16.4 Å². The SMILES string of the molecule is Cc1cccc(CNC(C)c2sc(C(C)(C)C)nc2C)n1. The fourth-order valence-corrected chi connectivity index (χ4v) is 3.33. The Balaban J connectivity index is 2.07. The minimum absolute atomic E-state index is 0.117. The summed E-state index contributed by atoms with van der Waals surface area (Å²) in [5, 5.41) is 4.76. The zero-order valence-electron chi connectivity index (χ0n) is 13.8. The molecular weight excluding hydrogens is 278 g/mol. The van der Waals surface area contributed by atoms with E-state index in [-0.39, 0.29) is 5.41 Å². The van der Waals surface area contributed by atoms with Crippen LogP contribution in [0.3, 0.4) is 0 Å².